The summed E-state index contributed by atoms with van der Waals surface area (Å²) in [5.74, 6) is 1.99. The molecule has 0 saturated heterocycles. The summed E-state index contributed by atoms with van der Waals surface area (Å²) in [5, 5.41) is 11.8. The molecule has 1 amide bonds. The maximum absolute atomic E-state index is 13.0. The highest BCUT2D eigenvalue weighted by atomic mass is 32.2. The fourth-order valence-electron chi connectivity index (χ4n) is 2.65. The number of thioether (sulfide) groups is 1. The summed E-state index contributed by atoms with van der Waals surface area (Å²) in [4.78, 5) is 12.4. The van der Waals surface area contributed by atoms with Crippen molar-refractivity contribution in [3.05, 3.63) is 65.2 Å². The normalized spacial score (nSPS) is 12.2. The highest BCUT2D eigenvalue weighted by Crippen LogP contribution is 2.32. The Bertz CT molecular complexity index is 1010. The number of halogens is 1. The van der Waals surface area contributed by atoms with Gasteiger partial charge >= 0.3 is 0 Å². The molecule has 3 aromatic rings. The summed E-state index contributed by atoms with van der Waals surface area (Å²) in [7, 11) is 1.84. The van der Waals surface area contributed by atoms with Crippen LogP contribution in [0, 0.1) is 5.82 Å². The van der Waals surface area contributed by atoms with E-state index in [4.69, 9.17) is 9.47 Å². The van der Waals surface area contributed by atoms with Crippen LogP contribution >= 0.6 is 11.8 Å². The number of carbonyl (C=O) groups excluding carboxylic acids is 1. The van der Waals surface area contributed by atoms with Crippen molar-refractivity contribution in [1.29, 1.82) is 0 Å². The zero-order valence-electron chi connectivity index (χ0n) is 15.0. The highest BCUT2D eigenvalue weighted by Gasteiger charge is 2.17. The molecule has 0 saturated carbocycles. The van der Waals surface area contributed by atoms with Crippen LogP contribution in [0.15, 0.2) is 47.6 Å². The number of nitrogens with one attached hydrogen (secondary N) is 1. The van der Waals surface area contributed by atoms with E-state index in [9.17, 15) is 9.18 Å². The number of nitrogens with zero attached hydrogens (tertiary/aromatic N) is 3. The van der Waals surface area contributed by atoms with Gasteiger partial charge in [-0.2, -0.15) is 0 Å². The molecule has 4 rings (SSSR count). The summed E-state index contributed by atoms with van der Waals surface area (Å²) in [6, 6.07) is 11.4. The molecule has 1 aliphatic rings. The number of amides is 1. The molecule has 1 aliphatic heterocycles. The van der Waals surface area contributed by atoms with Crippen molar-refractivity contribution < 1.29 is 18.7 Å². The molecule has 2 aromatic carbocycles. The van der Waals surface area contributed by atoms with Crippen molar-refractivity contribution in [2.75, 3.05) is 6.79 Å². The first-order valence-corrected chi connectivity index (χ1v) is 9.52. The monoisotopic (exact) mass is 400 g/mol. The quantitative estimate of drug-likeness (QED) is 0.641. The molecule has 0 aliphatic carbocycles. The van der Waals surface area contributed by atoms with Gasteiger partial charge in [-0.15, -0.1) is 10.2 Å². The maximum atomic E-state index is 13.0. The molecule has 144 valence electrons. The van der Waals surface area contributed by atoms with Crippen LogP contribution in [0.3, 0.4) is 0 Å². The van der Waals surface area contributed by atoms with Gasteiger partial charge in [0.25, 0.3) is 5.91 Å². The second-order valence-corrected chi connectivity index (χ2v) is 7.07. The Morgan fingerprint density at radius 1 is 1.18 bits per heavy atom. The van der Waals surface area contributed by atoms with E-state index in [1.807, 2.05) is 11.6 Å². The lowest BCUT2D eigenvalue weighted by molar-refractivity contribution is 0.0949. The van der Waals surface area contributed by atoms with Crippen molar-refractivity contribution >= 4 is 17.7 Å². The van der Waals surface area contributed by atoms with E-state index in [1.165, 1.54) is 23.9 Å². The Kier molecular flexibility index (Phi) is 5.16. The molecule has 0 fully saturated rings. The predicted molar refractivity (Wildman–Crippen MR) is 101 cm³/mol. The molecule has 1 aromatic heterocycles. The lowest BCUT2D eigenvalue weighted by atomic mass is 10.2. The summed E-state index contributed by atoms with van der Waals surface area (Å²) < 4.78 is 25.3. The molecule has 0 radical (unpaired) electrons. The minimum Gasteiger partial charge on any atom is -0.454 e. The van der Waals surface area contributed by atoms with E-state index < -0.39 is 0 Å². The van der Waals surface area contributed by atoms with Gasteiger partial charge in [0, 0.05) is 18.4 Å². The first kappa shape index (κ1) is 18.3. The Morgan fingerprint density at radius 3 is 2.79 bits per heavy atom. The van der Waals surface area contributed by atoms with Crippen LogP contribution in [0.2, 0.25) is 0 Å². The lowest BCUT2D eigenvalue weighted by Gasteiger charge is -2.07. The number of benzene rings is 2. The number of hydrogen-bond donors (Lipinski definition) is 1. The Balaban J connectivity index is 1.35. The minimum absolute atomic E-state index is 0.164. The van der Waals surface area contributed by atoms with E-state index >= 15 is 0 Å². The SMILES string of the molecule is Cn1c(CNC(=O)c2ccc3c(c2)OCO3)nnc1SCc1ccc(F)cc1. The van der Waals surface area contributed by atoms with Crippen molar-refractivity contribution in [3.8, 4) is 11.5 Å². The van der Waals surface area contributed by atoms with Gasteiger partial charge in [0.05, 0.1) is 6.54 Å². The second-order valence-electron chi connectivity index (χ2n) is 6.12. The van der Waals surface area contributed by atoms with Crippen LogP contribution < -0.4 is 14.8 Å². The van der Waals surface area contributed by atoms with Crippen LogP contribution in [0.5, 0.6) is 11.5 Å². The van der Waals surface area contributed by atoms with Gasteiger partial charge in [0.1, 0.15) is 5.82 Å². The molecular weight excluding hydrogens is 383 g/mol. The molecule has 0 bridgehead atoms. The Labute approximate surface area is 164 Å². The van der Waals surface area contributed by atoms with E-state index in [0.717, 1.165) is 10.7 Å². The van der Waals surface area contributed by atoms with Crippen molar-refractivity contribution in [1.82, 2.24) is 20.1 Å². The summed E-state index contributed by atoms with van der Waals surface area (Å²) >= 11 is 1.49. The van der Waals surface area contributed by atoms with Crippen LogP contribution in [-0.4, -0.2) is 27.5 Å². The lowest BCUT2D eigenvalue weighted by Crippen LogP contribution is -2.24. The van der Waals surface area contributed by atoms with Gasteiger partial charge in [0.15, 0.2) is 22.5 Å². The van der Waals surface area contributed by atoms with Crippen LogP contribution in [-0.2, 0) is 19.3 Å². The van der Waals surface area contributed by atoms with Crippen LogP contribution in [0.4, 0.5) is 4.39 Å². The summed E-state index contributed by atoms with van der Waals surface area (Å²) in [5.41, 5.74) is 1.48. The Morgan fingerprint density at radius 2 is 1.96 bits per heavy atom. The summed E-state index contributed by atoms with van der Waals surface area (Å²) in [6.07, 6.45) is 0. The van der Waals surface area contributed by atoms with Crippen LogP contribution in [0.25, 0.3) is 0 Å². The van der Waals surface area contributed by atoms with E-state index in [2.05, 4.69) is 15.5 Å². The minimum atomic E-state index is -0.257. The molecule has 0 atom stereocenters. The first-order valence-electron chi connectivity index (χ1n) is 8.53. The number of carbonyl (C=O) groups is 1. The average molecular weight is 400 g/mol. The smallest absolute Gasteiger partial charge is 0.251 e. The molecule has 0 spiro atoms. The zero-order chi connectivity index (χ0) is 19.5. The number of fused-ring (bicyclic) bond motifs is 1. The third-order valence-electron chi connectivity index (χ3n) is 4.25. The molecular formula is C19H17FN4O3S. The second kappa shape index (κ2) is 7.89. The molecule has 7 nitrogen and oxygen atoms in total. The molecule has 1 N–H and O–H groups in total. The van der Waals surface area contributed by atoms with Gasteiger partial charge in [-0.25, -0.2) is 4.39 Å². The number of aromatic nitrogens is 3. The van der Waals surface area contributed by atoms with Crippen molar-refractivity contribution in [2.45, 2.75) is 17.5 Å². The third-order valence-corrected chi connectivity index (χ3v) is 5.34. The number of rotatable bonds is 6. The Hall–Kier alpha value is -3.07. The van der Waals surface area contributed by atoms with Crippen LogP contribution in [0.1, 0.15) is 21.7 Å². The van der Waals surface area contributed by atoms with Gasteiger partial charge in [0.2, 0.25) is 6.79 Å². The number of ether oxygens (including phenoxy) is 2. The van der Waals surface area contributed by atoms with Gasteiger partial charge < -0.3 is 19.4 Å². The largest absolute Gasteiger partial charge is 0.454 e. The third kappa shape index (κ3) is 3.94. The molecule has 28 heavy (non-hydrogen) atoms. The fourth-order valence-corrected chi connectivity index (χ4v) is 3.54. The first-order chi connectivity index (χ1) is 13.6. The molecule has 0 unspecified atom stereocenters. The molecule has 9 heteroatoms. The fraction of sp³-hybridized carbons (Fsp3) is 0.211. The predicted octanol–water partition coefficient (Wildman–Crippen LogP) is 2.91. The maximum Gasteiger partial charge on any atom is 0.251 e. The average Bonchev–Trinajstić information content (AvgIpc) is 3.31. The zero-order valence-corrected chi connectivity index (χ0v) is 15.8. The van der Waals surface area contributed by atoms with Gasteiger partial charge in [-0.3, -0.25) is 4.79 Å². The number of hydrogen-bond acceptors (Lipinski definition) is 6. The van der Waals surface area contributed by atoms with E-state index in [1.54, 1.807) is 30.3 Å². The van der Waals surface area contributed by atoms with Crippen molar-refractivity contribution in [2.24, 2.45) is 7.05 Å². The van der Waals surface area contributed by atoms with E-state index in [0.29, 0.717) is 28.6 Å². The van der Waals surface area contributed by atoms with Crippen molar-refractivity contribution in [3.63, 3.8) is 0 Å². The van der Waals surface area contributed by atoms with E-state index in [-0.39, 0.29) is 25.1 Å². The topological polar surface area (TPSA) is 78.3 Å². The van der Waals surface area contributed by atoms with Gasteiger partial charge in [-0.05, 0) is 35.9 Å². The standard InChI is InChI=1S/C19H17FN4O3S/c1-24-17(22-23-19(24)28-10-12-2-5-14(20)6-3-12)9-21-18(25)13-4-7-15-16(8-13)27-11-26-15/h2-8H,9-11H2,1H3,(H,21,25). The van der Waals surface area contributed by atoms with Gasteiger partial charge in [-0.1, -0.05) is 23.9 Å². The molecule has 2 heterocycles. The summed E-state index contributed by atoms with van der Waals surface area (Å²) in [6.45, 7) is 0.408. The highest BCUT2D eigenvalue weighted by molar-refractivity contribution is 7.98.